The van der Waals surface area contributed by atoms with Gasteiger partial charge < -0.3 is 9.47 Å². The number of nitrogens with zero attached hydrogens (tertiary/aromatic N) is 2. The molecule has 1 aliphatic rings. The van der Waals surface area contributed by atoms with E-state index in [9.17, 15) is 24.5 Å². The van der Waals surface area contributed by atoms with E-state index < -0.39 is 22.8 Å². The molecule has 0 spiro atoms. The number of nitro groups is 1. The average Bonchev–Trinajstić information content (AvgIpc) is 2.86. The maximum atomic E-state index is 13.1. The van der Waals surface area contributed by atoms with E-state index in [-0.39, 0.29) is 16.9 Å². The third-order valence-electron chi connectivity index (χ3n) is 5.49. The van der Waals surface area contributed by atoms with Crippen LogP contribution in [0.4, 0.5) is 16.2 Å². The molecule has 0 atom stereocenters. The lowest BCUT2D eigenvalue weighted by Gasteiger charge is -2.26. The molecule has 4 rings (SSSR count). The summed E-state index contributed by atoms with van der Waals surface area (Å²) in [5.74, 6) is -0.951. The van der Waals surface area contributed by atoms with Crippen molar-refractivity contribution in [3.8, 4) is 11.5 Å². The van der Waals surface area contributed by atoms with Gasteiger partial charge in [-0.15, -0.1) is 0 Å². The summed E-state index contributed by atoms with van der Waals surface area (Å²) < 4.78 is 11.9. The quantitative estimate of drug-likeness (QED) is 0.186. The number of aryl methyl sites for hydroxylation is 1. The molecule has 37 heavy (non-hydrogen) atoms. The van der Waals surface area contributed by atoms with E-state index in [1.165, 1.54) is 25.3 Å². The number of non-ortho nitro benzene ring substituents is 1. The summed E-state index contributed by atoms with van der Waals surface area (Å²) in [7, 11) is 1.46. The Hall–Kier alpha value is -4.51. The zero-order valence-electron chi connectivity index (χ0n) is 19.7. The number of benzene rings is 3. The van der Waals surface area contributed by atoms with Crippen molar-refractivity contribution in [1.29, 1.82) is 0 Å². The van der Waals surface area contributed by atoms with Gasteiger partial charge >= 0.3 is 6.03 Å². The SMILES string of the molecule is COc1cc(/C=C2\C(=O)NC(=O)N(c3ccc([N+](=O)[O-])cc3)C2=O)cc(Br)c1OCc1ccc(C)cc1. The number of barbiturate groups is 1. The van der Waals surface area contributed by atoms with E-state index in [0.29, 0.717) is 28.1 Å². The standard InChI is InChI=1S/C26H20BrN3O7/c1-15-3-5-16(6-4-15)14-37-23-21(27)12-17(13-22(23)36-2)11-20-24(31)28-26(33)29(25(20)32)18-7-9-19(10-8-18)30(34)35/h3-13H,14H2,1-2H3,(H,28,31,33)/b20-11+. The summed E-state index contributed by atoms with van der Waals surface area (Å²) in [6, 6.07) is 15.0. The molecule has 10 nitrogen and oxygen atoms in total. The molecule has 0 aliphatic carbocycles. The van der Waals surface area contributed by atoms with Crippen molar-refractivity contribution in [2.75, 3.05) is 12.0 Å². The van der Waals surface area contributed by atoms with Crippen LogP contribution >= 0.6 is 15.9 Å². The van der Waals surface area contributed by atoms with Crippen LogP contribution in [0.5, 0.6) is 11.5 Å². The monoisotopic (exact) mass is 565 g/mol. The van der Waals surface area contributed by atoms with Crippen molar-refractivity contribution in [1.82, 2.24) is 5.32 Å². The number of ether oxygens (including phenoxy) is 2. The zero-order valence-corrected chi connectivity index (χ0v) is 21.3. The summed E-state index contributed by atoms with van der Waals surface area (Å²) in [6.45, 7) is 2.29. The van der Waals surface area contributed by atoms with E-state index in [0.717, 1.165) is 28.2 Å². The van der Waals surface area contributed by atoms with Crippen LogP contribution in [-0.2, 0) is 16.2 Å². The lowest BCUT2D eigenvalue weighted by molar-refractivity contribution is -0.384. The van der Waals surface area contributed by atoms with Gasteiger partial charge in [-0.3, -0.25) is 25.0 Å². The molecule has 0 aromatic heterocycles. The molecule has 11 heteroatoms. The highest BCUT2D eigenvalue weighted by Crippen LogP contribution is 2.38. The number of hydrogen-bond donors (Lipinski definition) is 1. The number of carbonyl (C=O) groups is 3. The minimum absolute atomic E-state index is 0.0742. The van der Waals surface area contributed by atoms with E-state index in [1.807, 2.05) is 31.2 Å². The van der Waals surface area contributed by atoms with Crippen molar-refractivity contribution in [2.24, 2.45) is 0 Å². The first-order valence-corrected chi connectivity index (χ1v) is 11.7. The highest BCUT2D eigenvalue weighted by atomic mass is 79.9. The molecule has 3 aromatic carbocycles. The van der Waals surface area contributed by atoms with Crippen molar-refractivity contribution >= 4 is 51.2 Å². The Morgan fingerprint density at radius 1 is 1.05 bits per heavy atom. The van der Waals surface area contributed by atoms with Crippen LogP contribution in [0.2, 0.25) is 0 Å². The summed E-state index contributed by atoms with van der Waals surface area (Å²) in [4.78, 5) is 49.1. The number of methoxy groups -OCH3 is 1. The number of anilines is 1. The molecule has 0 unspecified atom stereocenters. The molecule has 0 bridgehead atoms. The smallest absolute Gasteiger partial charge is 0.335 e. The Labute approximate surface area is 219 Å². The van der Waals surface area contributed by atoms with Gasteiger partial charge in [-0.25, -0.2) is 9.69 Å². The number of nitro benzene ring substituents is 1. The lowest BCUT2D eigenvalue weighted by atomic mass is 10.1. The second kappa shape index (κ2) is 10.6. The van der Waals surface area contributed by atoms with Crippen LogP contribution in [0.15, 0.2) is 70.7 Å². The van der Waals surface area contributed by atoms with Gasteiger partial charge in [0.2, 0.25) is 0 Å². The topological polar surface area (TPSA) is 128 Å². The minimum Gasteiger partial charge on any atom is -0.493 e. The average molecular weight is 566 g/mol. The first-order chi connectivity index (χ1) is 17.7. The molecular weight excluding hydrogens is 546 g/mol. The van der Waals surface area contributed by atoms with Crippen LogP contribution in [0.1, 0.15) is 16.7 Å². The van der Waals surface area contributed by atoms with E-state index in [1.54, 1.807) is 12.1 Å². The summed E-state index contributed by atoms with van der Waals surface area (Å²) in [5.41, 5.74) is 2.09. The molecule has 1 aliphatic heterocycles. The van der Waals surface area contributed by atoms with Gasteiger partial charge in [0.1, 0.15) is 12.2 Å². The Kier molecular flexibility index (Phi) is 7.35. The van der Waals surface area contributed by atoms with Gasteiger partial charge in [0.25, 0.3) is 17.5 Å². The maximum Gasteiger partial charge on any atom is 0.335 e. The van der Waals surface area contributed by atoms with Gasteiger partial charge in [0, 0.05) is 12.1 Å². The van der Waals surface area contributed by atoms with E-state index in [2.05, 4.69) is 21.2 Å². The third kappa shape index (κ3) is 5.51. The summed E-state index contributed by atoms with van der Waals surface area (Å²) in [6.07, 6.45) is 1.32. The van der Waals surface area contributed by atoms with E-state index in [4.69, 9.17) is 9.47 Å². The zero-order chi connectivity index (χ0) is 26.7. The molecule has 0 radical (unpaired) electrons. The number of hydrogen-bond acceptors (Lipinski definition) is 7. The van der Waals surface area contributed by atoms with Crippen molar-refractivity contribution in [2.45, 2.75) is 13.5 Å². The highest BCUT2D eigenvalue weighted by molar-refractivity contribution is 9.10. The molecule has 1 N–H and O–H groups in total. The number of imide groups is 2. The molecule has 3 aromatic rings. The van der Waals surface area contributed by atoms with Gasteiger partial charge in [-0.05, 0) is 64.3 Å². The Morgan fingerprint density at radius 2 is 1.73 bits per heavy atom. The van der Waals surface area contributed by atoms with Crippen LogP contribution in [-0.4, -0.2) is 29.9 Å². The molecule has 4 amide bonds. The molecule has 188 valence electrons. The minimum atomic E-state index is -0.959. The number of carbonyl (C=O) groups excluding carboxylic acids is 3. The predicted octanol–water partition coefficient (Wildman–Crippen LogP) is 4.92. The van der Waals surface area contributed by atoms with Crippen molar-refractivity contribution < 1.29 is 28.8 Å². The normalized spacial score (nSPS) is 14.5. The van der Waals surface area contributed by atoms with Crippen LogP contribution < -0.4 is 19.7 Å². The molecule has 1 saturated heterocycles. The third-order valence-corrected chi connectivity index (χ3v) is 6.08. The van der Waals surface area contributed by atoms with Crippen LogP contribution in [0, 0.1) is 17.0 Å². The molecular formula is C26H20BrN3O7. The molecule has 1 fully saturated rings. The fraction of sp³-hybridized carbons (Fsp3) is 0.115. The Morgan fingerprint density at radius 3 is 2.35 bits per heavy atom. The van der Waals surface area contributed by atoms with Gasteiger partial charge in [-0.1, -0.05) is 29.8 Å². The number of halogens is 1. The first-order valence-electron chi connectivity index (χ1n) is 10.9. The van der Waals surface area contributed by atoms with Gasteiger partial charge in [0.15, 0.2) is 11.5 Å². The van der Waals surface area contributed by atoms with Gasteiger partial charge in [-0.2, -0.15) is 0 Å². The molecule has 1 heterocycles. The van der Waals surface area contributed by atoms with Crippen molar-refractivity contribution in [3.05, 3.63) is 97.5 Å². The fourth-order valence-corrected chi connectivity index (χ4v) is 4.16. The number of nitrogens with one attached hydrogen (secondary N) is 1. The number of urea groups is 1. The van der Waals surface area contributed by atoms with Crippen LogP contribution in [0.3, 0.4) is 0 Å². The maximum absolute atomic E-state index is 13.1. The highest BCUT2D eigenvalue weighted by Gasteiger charge is 2.37. The number of rotatable bonds is 7. The second-order valence-corrected chi connectivity index (χ2v) is 8.89. The van der Waals surface area contributed by atoms with E-state index >= 15 is 0 Å². The largest absolute Gasteiger partial charge is 0.493 e. The Bertz CT molecular complexity index is 1430. The second-order valence-electron chi connectivity index (χ2n) is 8.04. The van der Waals surface area contributed by atoms with Crippen molar-refractivity contribution in [3.63, 3.8) is 0 Å². The number of amides is 4. The first kappa shape index (κ1) is 25.6. The molecule has 0 saturated carbocycles. The van der Waals surface area contributed by atoms with Gasteiger partial charge in [0.05, 0.1) is 22.2 Å². The summed E-state index contributed by atoms with van der Waals surface area (Å²) >= 11 is 3.46. The Balaban J connectivity index is 1.62. The summed E-state index contributed by atoms with van der Waals surface area (Å²) in [5, 5.41) is 13.0. The predicted molar refractivity (Wildman–Crippen MR) is 138 cm³/mol. The van der Waals surface area contributed by atoms with Crippen LogP contribution in [0.25, 0.3) is 6.08 Å². The lowest BCUT2D eigenvalue weighted by Crippen LogP contribution is -2.54. The fourth-order valence-electron chi connectivity index (χ4n) is 3.59.